The highest BCUT2D eigenvalue weighted by molar-refractivity contribution is 5.93. The van der Waals surface area contributed by atoms with Crippen molar-refractivity contribution in [3.63, 3.8) is 0 Å². The van der Waals surface area contributed by atoms with E-state index in [9.17, 15) is 9.59 Å². The number of hydrogen-bond acceptors (Lipinski definition) is 4. The number of aromatic amines is 1. The number of pyridine rings is 1. The standard InChI is InChI=1S/C12H15N3O3/c1-18-8-7-15(6-2-4-13)12(17)10-9-14-5-3-11(10)16/h3,5,9H,2,6-8H2,1H3,(H,14,16). The van der Waals surface area contributed by atoms with Crippen LogP contribution in [-0.2, 0) is 4.74 Å². The Hall–Kier alpha value is -2.13. The highest BCUT2D eigenvalue weighted by atomic mass is 16.5. The highest BCUT2D eigenvalue weighted by Gasteiger charge is 2.17. The molecule has 0 spiro atoms. The van der Waals surface area contributed by atoms with Crippen LogP contribution >= 0.6 is 0 Å². The average molecular weight is 249 g/mol. The Morgan fingerprint density at radius 2 is 2.33 bits per heavy atom. The molecule has 0 unspecified atom stereocenters. The van der Waals surface area contributed by atoms with Crippen LogP contribution in [0.2, 0.25) is 0 Å². The van der Waals surface area contributed by atoms with Crippen molar-refractivity contribution in [2.75, 3.05) is 26.8 Å². The minimum atomic E-state index is -0.385. The molecule has 0 aromatic carbocycles. The molecule has 1 rings (SSSR count). The molecule has 1 aromatic heterocycles. The van der Waals surface area contributed by atoms with E-state index in [0.717, 1.165) is 0 Å². The Bertz CT molecular complexity index is 490. The van der Waals surface area contributed by atoms with Gasteiger partial charge in [0.05, 0.1) is 19.1 Å². The van der Waals surface area contributed by atoms with Gasteiger partial charge >= 0.3 is 0 Å². The Kier molecular flexibility index (Phi) is 5.61. The second-order valence-electron chi connectivity index (χ2n) is 3.62. The summed E-state index contributed by atoms with van der Waals surface area (Å²) in [6, 6.07) is 3.27. The first kappa shape index (κ1) is 13.9. The summed E-state index contributed by atoms with van der Waals surface area (Å²) in [6.45, 7) is 1.00. The summed E-state index contributed by atoms with van der Waals surface area (Å²) in [5.74, 6) is -0.385. The summed E-state index contributed by atoms with van der Waals surface area (Å²) < 4.78 is 4.91. The van der Waals surface area contributed by atoms with E-state index in [-0.39, 0.29) is 29.9 Å². The van der Waals surface area contributed by atoms with Crippen LogP contribution in [0, 0.1) is 11.3 Å². The van der Waals surface area contributed by atoms with Gasteiger partial charge in [-0.25, -0.2) is 0 Å². The summed E-state index contributed by atoms with van der Waals surface area (Å²) in [5, 5.41) is 8.56. The zero-order chi connectivity index (χ0) is 13.4. The molecule has 6 nitrogen and oxygen atoms in total. The fraction of sp³-hybridized carbons (Fsp3) is 0.417. The van der Waals surface area contributed by atoms with Gasteiger partial charge in [-0.2, -0.15) is 5.26 Å². The Morgan fingerprint density at radius 1 is 1.56 bits per heavy atom. The van der Waals surface area contributed by atoms with E-state index >= 15 is 0 Å². The van der Waals surface area contributed by atoms with Gasteiger partial charge in [0, 0.05) is 38.7 Å². The lowest BCUT2D eigenvalue weighted by atomic mass is 10.2. The van der Waals surface area contributed by atoms with Gasteiger partial charge in [-0.3, -0.25) is 9.59 Å². The number of aromatic nitrogens is 1. The summed E-state index contributed by atoms with van der Waals surface area (Å²) >= 11 is 0. The molecule has 1 heterocycles. The number of nitrogens with one attached hydrogen (secondary N) is 1. The second kappa shape index (κ2) is 7.25. The van der Waals surface area contributed by atoms with Crippen molar-refractivity contribution in [2.24, 2.45) is 0 Å². The van der Waals surface area contributed by atoms with Gasteiger partial charge in [0.15, 0.2) is 5.43 Å². The second-order valence-corrected chi connectivity index (χ2v) is 3.62. The summed E-state index contributed by atoms with van der Waals surface area (Å²) in [5.41, 5.74) is -0.260. The fourth-order valence-electron chi connectivity index (χ4n) is 1.45. The molecule has 0 fully saturated rings. The number of carbonyl (C=O) groups is 1. The highest BCUT2D eigenvalue weighted by Crippen LogP contribution is 2.00. The number of carbonyl (C=O) groups excluding carboxylic acids is 1. The molecule has 0 aliphatic heterocycles. The summed E-state index contributed by atoms with van der Waals surface area (Å²) in [4.78, 5) is 27.8. The van der Waals surface area contributed by atoms with Gasteiger partial charge in [0.25, 0.3) is 5.91 Å². The van der Waals surface area contributed by atoms with Crippen LogP contribution in [0.4, 0.5) is 0 Å². The molecular formula is C12H15N3O3. The molecule has 0 aliphatic carbocycles. The molecule has 1 amide bonds. The third kappa shape index (κ3) is 3.71. The number of hydrogen-bond donors (Lipinski definition) is 1. The summed E-state index contributed by atoms with van der Waals surface area (Å²) in [6.07, 6.45) is 3.06. The van der Waals surface area contributed by atoms with Gasteiger partial charge in [-0.05, 0) is 0 Å². The van der Waals surface area contributed by atoms with Crippen molar-refractivity contribution in [3.8, 4) is 6.07 Å². The molecule has 1 N–H and O–H groups in total. The minimum Gasteiger partial charge on any atom is -0.383 e. The number of methoxy groups -OCH3 is 1. The first-order chi connectivity index (χ1) is 8.70. The maximum Gasteiger partial charge on any atom is 0.259 e. The monoisotopic (exact) mass is 249 g/mol. The van der Waals surface area contributed by atoms with Crippen molar-refractivity contribution in [3.05, 3.63) is 34.2 Å². The van der Waals surface area contributed by atoms with Crippen LogP contribution in [0.5, 0.6) is 0 Å². The molecule has 0 saturated heterocycles. The number of H-pyrrole nitrogens is 1. The minimum absolute atomic E-state index is 0.0755. The number of amides is 1. The molecular weight excluding hydrogens is 234 g/mol. The number of rotatable bonds is 6. The van der Waals surface area contributed by atoms with E-state index < -0.39 is 0 Å². The third-order valence-corrected chi connectivity index (χ3v) is 2.40. The lowest BCUT2D eigenvalue weighted by molar-refractivity contribution is 0.0698. The van der Waals surface area contributed by atoms with Crippen molar-refractivity contribution >= 4 is 5.91 Å². The van der Waals surface area contributed by atoms with Crippen LogP contribution in [0.1, 0.15) is 16.8 Å². The maximum absolute atomic E-state index is 12.1. The van der Waals surface area contributed by atoms with Crippen LogP contribution in [0.25, 0.3) is 0 Å². The predicted octanol–water partition coefficient (Wildman–Crippen LogP) is 0.377. The van der Waals surface area contributed by atoms with Gasteiger partial charge in [-0.1, -0.05) is 0 Å². The van der Waals surface area contributed by atoms with E-state index in [4.69, 9.17) is 10.00 Å². The quantitative estimate of drug-likeness (QED) is 0.789. The van der Waals surface area contributed by atoms with E-state index in [2.05, 4.69) is 4.98 Å². The number of nitrogens with zero attached hydrogens (tertiary/aromatic N) is 2. The van der Waals surface area contributed by atoms with Gasteiger partial charge in [-0.15, -0.1) is 0 Å². The Balaban J connectivity index is 2.85. The lowest BCUT2D eigenvalue weighted by Gasteiger charge is -2.20. The largest absolute Gasteiger partial charge is 0.383 e. The zero-order valence-corrected chi connectivity index (χ0v) is 10.2. The average Bonchev–Trinajstić information content (AvgIpc) is 2.39. The van der Waals surface area contributed by atoms with Crippen molar-refractivity contribution in [2.45, 2.75) is 6.42 Å². The van der Waals surface area contributed by atoms with Crippen molar-refractivity contribution < 1.29 is 9.53 Å². The zero-order valence-electron chi connectivity index (χ0n) is 10.2. The van der Waals surface area contributed by atoms with E-state index in [1.807, 2.05) is 6.07 Å². The Labute approximate surface area is 105 Å². The van der Waals surface area contributed by atoms with Gasteiger partial charge in [0.2, 0.25) is 0 Å². The van der Waals surface area contributed by atoms with Gasteiger partial charge in [0.1, 0.15) is 5.56 Å². The first-order valence-corrected chi connectivity index (χ1v) is 5.53. The van der Waals surface area contributed by atoms with Crippen LogP contribution in [0.3, 0.4) is 0 Å². The van der Waals surface area contributed by atoms with Crippen LogP contribution in [-0.4, -0.2) is 42.6 Å². The third-order valence-electron chi connectivity index (χ3n) is 2.40. The molecule has 0 saturated carbocycles. The topological polar surface area (TPSA) is 86.2 Å². The Morgan fingerprint density at radius 3 is 2.94 bits per heavy atom. The molecule has 18 heavy (non-hydrogen) atoms. The molecule has 1 aromatic rings. The van der Waals surface area contributed by atoms with E-state index in [1.54, 1.807) is 0 Å². The van der Waals surface area contributed by atoms with Gasteiger partial charge < -0.3 is 14.6 Å². The number of ether oxygens (including phenoxy) is 1. The summed E-state index contributed by atoms with van der Waals surface area (Å²) in [7, 11) is 1.53. The lowest BCUT2D eigenvalue weighted by Crippen LogP contribution is -2.37. The molecule has 96 valence electrons. The first-order valence-electron chi connectivity index (χ1n) is 5.53. The SMILES string of the molecule is COCCN(CCC#N)C(=O)c1c[nH]ccc1=O. The molecule has 0 aliphatic rings. The van der Waals surface area contributed by atoms with Crippen molar-refractivity contribution in [1.29, 1.82) is 5.26 Å². The smallest absolute Gasteiger partial charge is 0.259 e. The van der Waals surface area contributed by atoms with E-state index in [1.165, 1.54) is 30.5 Å². The van der Waals surface area contributed by atoms with Crippen molar-refractivity contribution in [1.82, 2.24) is 9.88 Å². The molecule has 6 heteroatoms. The number of nitriles is 1. The van der Waals surface area contributed by atoms with E-state index in [0.29, 0.717) is 13.2 Å². The normalized spacial score (nSPS) is 9.78. The molecule has 0 atom stereocenters. The predicted molar refractivity (Wildman–Crippen MR) is 65.1 cm³/mol. The molecule has 0 radical (unpaired) electrons. The fourth-order valence-corrected chi connectivity index (χ4v) is 1.45. The van der Waals surface area contributed by atoms with Crippen LogP contribution in [0.15, 0.2) is 23.3 Å². The van der Waals surface area contributed by atoms with Crippen LogP contribution < -0.4 is 5.43 Å². The maximum atomic E-state index is 12.1. The molecule has 0 bridgehead atoms.